The van der Waals surface area contributed by atoms with Crippen LogP contribution < -0.4 is 16.4 Å². The Morgan fingerprint density at radius 1 is 1.39 bits per heavy atom. The van der Waals surface area contributed by atoms with Crippen molar-refractivity contribution in [3.63, 3.8) is 0 Å². The van der Waals surface area contributed by atoms with Crippen molar-refractivity contribution in [3.05, 3.63) is 11.1 Å². The Morgan fingerprint density at radius 3 is 2.52 bits per heavy atom. The van der Waals surface area contributed by atoms with E-state index in [9.17, 15) is 32.1 Å². The fourth-order valence-corrected chi connectivity index (χ4v) is 3.94. The van der Waals surface area contributed by atoms with E-state index in [4.69, 9.17) is 15.7 Å². The highest BCUT2D eigenvalue weighted by atomic mass is 32.2. The molecule has 2 rings (SSSR count). The molecular formula is C16H22N6O9S2. The Balaban J connectivity index is 2.31. The lowest BCUT2D eigenvalue weighted by Crippen LogP contribution is -2.74. The lowest BCUT2D eigenvalue weighted by atomic mass is 9.98. The normalized spacial score (nSPS) is 19.0. The first-order valence-corrected chi connectivity index (χ1v) is 11.6. The molecule has 33 heavy (non-hydrogen) atoms. The van der Waals surface area contributed by atoms with Gasteiger partial charge in [-0.15, -0.1) is 11.3 Å². The maximum absolute atomic E-state index is 12.9. The Hall–Kier alpha value is -3.31. The van der Waals surface area contributed by atoms with E-state index in [1.807, 2.05) is 0 Å². The first-order chi connectivity index (χ1) is 15.2. The zero-order valence-corrected chi connectivity index (χ0v) is 19.3. The number of hydrogen-bond donors (Lipinski definition) is 5. The van der Waals surface area contributed by atoms with Crippen LogP contribution in [-0.2, 0) is 34.3 Å². The van der Waals surface area contributed by atoms with Crippen molar-refractivity contribution < 1.29 is 42.1 Å². The monoisotopic (exact) mass is 506 g/mol. The maximum atomic E-state index is 12.9. The molecule has 0 radical (unpaired) electrons. The zero-order valence-electron chi connectivity index (χ0n) is 17.6. The molecule has 1 aromatic rings. The van der Waals surface area contributed by atoms with Crippen LogP contribution in [0, 0.1) is 0 Å². The van der Waals surface area contributed by atoms with Crippen LogP contribution in [0.15, 0.2) is 10.5 Å². The molecule has 0 unspecified atom stereocenters. The molecule has 1 aromatic heterocycles. The van der Waals surface area contributed by atoms with Crippen molar-refractivity contribution in [3.8, 4) is 0 Å². The SMILES string of the molecule is CCC(=O)NC[C@@H]1[C@H](NC(=O)/C(=N\OC(C)(C)C(=O)O)c2csc(N)n2)C(=O)N1S(=O)(=O)O. The van der Waals surface area contributed by atoms with Crippen LogP contribution in [0.25, 0.3) is 0 Å². The van der Waals surface area contributed by atoms with Crippen molar-refractivity contribution in [1.82, 2.24) is 19.9 Å². The number of rotatable bonds is 10. The van der Waals surface area contributed by atoms with E-state index in [1.165, 1.54) is 19.2 Å². The number of nitrogens with one attached hydrogen (secondary N) is 2. The molecule has 1 fully saturated rings. The van der Waals surface area contributed by atoms with Gasteiger partial charge >= 0.3 is 16.3 Å². The highest BCUT2D eigenvalue weighted by Crippen LogP contribution is 2.24. The fourth-order valence-electron chi connectivity index (χ4n) is 2.51. The second-order valence-electron chi connectivity index (χ2n) is 7.21. The van der Waals surface area contributed by atoms with Gasteiger partial charge in [0.15, 0.2) is 10.8 Å². The molecule has 0 aliphatic carbocycles. The minimum absolute atomic E-state index is 0.0559. The summed E-state index contributed by atoms with van der Waals surface area (Å²) in [6.45, 7) is 3.51. The molecule has 1 aliphatic rings. The number of carboxylic acid groups (broad SMARTS) is 1. The lowest BCUT2D eigenvalue weighted by Gasteiger charge is -2.44. The van der Waals surface area contributed by atoms with Crippen LogP contribution in [0.3, 0.4) is 0 Å². The van der Waals surface area contributed by atoms with E-state index < -0.39 is 57.4 Å². The molecule has 0 aromatic carbocycles. The minimum Gasteiger partial charge on any atom is -0.478 e. The molecule has 6 N–H and O–H groups in total. The van der Waals surface area contributed by atoms with Gasteiger partial charge < -0.3 is 26.3 Å². The molecule has 2 heterocycles. The lowest BCUT2D eigenvalue weighted by molar-refractivity contribution is -0.161. The molecule has 2 atom stereocenters. The van der Waals surface area contributed by atoms with Gasteiger partial charge in [-0.3, -0.25) is 18.9 Å². The smallest absolute Gasteiger partial charge is 0.362 e. The number of nitrogen functional groups attached to an aromatic ring is 1. The summed E-state index contributed by atoms with van der Waals surface area (Å²) in [6, 6.07) is -2.80. The van der Waals surface area contributed by atoms with Gasteiger partial charge in [-0.1, -0.05) is 12.1 Å². The summed E-state index contributed by atoms with van der Waals surface area (Å²) in [7, 11) is -4.96. The van der Waals surface area contributed by atoms with Crippen LogP contribution in [0.5, 0.6) is 0 Å². The molecule has 0 spiro atoms. The standard InChI is InChI=1S/C16H22N6O9S2/c1-4-9(23)18-5-8-11(13(25)22(8)33(28,29)30)20-12(24)10(7-6-32-15(17)19-7)21-31-16(2,3)14(26)27/h6,8,11H,4-5H2,1-3H3,(H2,17,19)(H,18,23)(H,20,24)(H,26,27)(H,28,29,30)/b21-10-/t8-,11+/m1/s1. The molecule has 1 aliphatic heterocycles. The Bertz CT molecular complexity index is 1100. The molecule has 3 amide bonds. The molecule has 17 heteroatoms. The number of carbonyl (C=O) groups excluding carboxylic acids is 3. The van der Waals surface area contributed by atoms with Gasteiger partial charge in [0.05, 0.1) is 6.04 Å². The zero-order chi connectivity index (χ0) is 25.1. The molecule has 15 nitrogen and oxygen atoms in total. The van der Waals surface area contributed by atoms with Crippen LogP contribution in [0.1, 0.15) is 32.9 Å². The number of carboxylic acids is 1. The number of amides is 3. The van der Waals surface area contributed by atoms with E-state index >= 15 is 0 Å². The van der Waals surface area contributed by atoms with Gasteiger partial charge in [-0.05, 0) is 13.8 Å². The largest absolute Gasteiger partial charge is 0.478 e. The minimum atomic E-state index is -4.96. The molecular weight excluding hydrogens is 484 g/mol. The third-order valence-corrected chi connectivity index (χ3v) is 6.02. The molecule has 0 bridgehead atoms. The number of aromatic nitrogens is 1. The summed E-state index contributed by atoms with van der Waals surface area (Å²) in [5.41, 5.74) is 3.11. The number of nitrogens with zero attached hydrogens (tertiary/aromatic N) is 3. The summed E-state index contributed by atoms with van der Waals surface area (Å²) in [4.78, 5) is 56.8. The second kappa shape index (κ2) is 9.67. The predicted octanol–water partition coefficient (Wildman–Crippen LogP) is -1.67. The van der Waals surface area contributed by atoms with Crippen LogP contribution in [0.4, 0.5) is 5.13 Å². The molecule has 0 saturated carbocycles. The fraction of sp³-hybridized carbons (Fsp3) is 0.500. The number of carbonyl (C=O) groups is 4. The number of oxime groups is 1. The van der Waals surface area contributed by atoms with Gasteiger partial charge in [-0.25, -0.2) is 14.1 Å². The van der Waals surface area contributed by atoms with Crippen molar-refractivity contribution in [2.45, 2.75) is 44.9 Å². The van der Waals surface area contributed by atoms with Crippen molar-refractivity contribution in [1.29, 1.82) is 0 Å². The summed E-state index contributed by atoms with van der Waals surface area (Å²) >= 11 is 0.946. The summed E-state index contributed by atoms with van der Waals surface area (Å²) < 4.78 is 32.5. The number of β-lactam (4-membered cyclic amide) rings is 1. The maximum Gasteiger partial charge on any atom is 0.362 e. The van der Waals surface area contributed by atoms with E-state index in [1.54, 1.807) is 6.92 Å². The van der Waals surface area contributed by atoms with E-state index in [-0.39, 0.29) is 28.1 Å². The van der Waals surface area contributed by atoms with Crippen molar-refractivity contribution in [2.24, 2.45) is 5.16 Å². The number of hydrogen-bond acceptors (Lipinski definition) is 11. The third-order valence-electron chi connectivity index (χ3n) is 4.39. The van der Waals surface area contributed by atoms with Gasteiger partial charge in [0.25, 0.3) is 11.8 Å². The first-order valence-electron chi connectivity index (χ1n) is 9.28. The molecule has 1 saturated heterocycles. The first kappa shape index (κ1) is 25.9. The Kier molecular flexibility index (Phi) is 7.60. The Morgan fingerprint density at radius 2 is 2.03 bits per heavy atom. The van der Waals surface area contributed by atoms with E-state index in [0.29, 0.717) is 0 Å². The Labute approximate surface area is 191 Å². The summed E-state index contributed by atoms with van der Waals surface area (Å²) in [5, 5.41) is 18.7. The van der Waals surface area contributed by atoms with Crippen molar-refractivity contribution >= 4 is 56.2 Å². The number of nitrogens with two attached hydrogens (primary N) is 1. The van der Waals surface area contributed by atoms with E-state index in [2.05, 4.69) is 20.8 Å². The molecule has 182 valence electrons. The van der Waals surface area contributed by atoms with Gasteiger partial charge in [0.1, 0.15) is 11.7 Å². The number of anilines is 1. The van der Waals surface area contributed by atoms with Gasteiger partial charge in [0.2, 0.25) is 11.5 Å². The summed E-state index contributed by atoms with van der Waals surface area (Å²) in [6.07, 6.45) is 0.0717. The van der Waals surface area contributed by atoms with Gasteiger partial charge in [-0.2, -0.15) is 8.42 Å². The summed E-state index contributed by atoms with van der Waals surface area (Å²) in [5.74, 6) is -4.07. The second-order valence-corrected chi connectivity index (χ2v) is 9.38. The number of aliphatic carboxylic acids is 1. The average molecular weight is 507 g/mol. The van der Waals surface area contributed by atoms with E-state index in [0.717, 1.165) is 11.3 Å². The van der Waals surface area contributed by atoms with Crippen LogP contribution in [-0.4, -0.2) is 81.0 Å². The highest BCUT2D eigenvalue weighted by molar-refractivity contribution is 7.84. The van der Waals surface area contributed by atoms with Gasteiger partial charge in [0, 0.05) is 18.3 Å². The highest BCUT2D eigenvalue weighted by Gasteiger charge is 2.54. The average Bonchev–Trinajstić information content (AvgIpc) is 3.13. The quantitative estimate of drug-likeness (QED) is 0.104. The van der Waals surface area contributed by atoms with Crippen molar-refractivity contribution in [2.75, 3.05) is 12.3 Å². The van der Waals surface area contributed by atoms with Crippen LogP contribution >= 0.6 is 11.3 Å². The number of thiazole rings is 1. The third kappa shape index (κ3) is 5.93. The van der Waals surface area contributed by atoms with Crippen LogP contribution in [0.2, 0.25) is 0 Å². The predicted molar refractivity (Wildman–Crippen MR) is 113 cm³/mol. The topological polar surface area (TPSA) is 231 Å².